The van der Waals surface area contributed by atoms with Crippen LogP contribution in [0, 0.1) is 11.8 Å². The zero-order valence-corrected chi connectivity index (χ0v) is 14.6. The highest BCUT2D eigenvalue weighted by atomic mass is 19.2. The number of nitrogens with zero attached hydrogens (tertiary/aromatic N) is 1. The molecule has 1 unspecified atom stereocenters. The molecule has 1 aromatic carbocycles. The highest BCUT2D eigenvalue weighted by Gasteiger charge is 2.35. The van der Waals surface area contributed by atoms with Crippen molar-refractivity contribution in [3.05, 3.63) is 24.3 Å². The Balaban J connectivity index is 1.47. The van der Waals surface area contributed by atoms with Gasteiger partial charge in [0.05, 0.1) is 6.54 Å². The van der Waals surface area contributed by atoms with Gasteiger partial charge in [-0.25, -0.2) is 0 Å². The molecular formula is C19H27FN2O2. The van der Waals surface area contributed by atoms with E-state index in [0.29, 0.717) is 18.2 Å². The summed E-state index contributed by atoms with van der Waals surface area (Å²) < 4.78 is 18.6. The number of piperidine rings is 1. The number of nitrogens with one attached hydrogen (secondary N) is 1. The van der Waals surface area contributed by atoms with Gasteiger partial charge in [-0.3, -0.25) is 4.79 Å². The van der Waals surface area contributed by atoms with E-state index >= 15 is 0 Å². The Labute approximate surface area is 143 Å². The highest BCUT2D eigenvalue weighted by Crippen LogP contribution is 2.40. The van der Waals surface area contributed by atoms with E-state index in [1.165, 1.54) is 33.1 Å². The van der Waals surface area contributed by atoms with Crippen LogP contribution in [0.15, 0.2) is 24.3 Å². The predicted octanol–water partition coefficient (Wildman–Crippen LogP) is 3.83. The molecule has 3 rings (SSSR count). The van der Waals surface area contributed by atoms with Crippen LogP contribution >= 0.6 is 0 Å². The van der Waals surface area contributed by atoms with Crippen molar-refractivity contribution in [2.75, 3.05) is 25.0 Å². The Bertz CT molecular complexity index is 564. The number of amides is 1. The Morgan fingerprint density at radius 3 is 2.58 bits per heavy atom. The van der Waals surface area contributed by atoms with E-state index in [0.717, 1.165) is 31.1 Å². The van der Waals surface area contributed by atoms with Crippen molar-refractivity contribution in [1.82, 2.24) is 4.90 Å². The van der Waals surface area contributed by atoms with Crippen molar-refractivity contribution in [1.29, 1.82) is 0 Å². The molecule has 1 saturated heterocycles. The molecule has 2 fully saturated rings. The monoisotopic (exact) mass is 334 g/mol. The van der Waals surface area contributed by atoms with Crippen molar-refractivity contribution in [3.8, 4) is 5.75 Å². The molecule has 1 heterocycles. The first-order valence-electron chi connectivity index (χ1n) is 8.90. The van der Waals surface area contributed by atoms with Crippen LogP contribution in [0.1, 0.15) is 39.5 Å². The third-order valence-corrected chi connectivity index (χ3v) is 4.76. The van der Waals surface area contributed by atoms with Crippen LogP contribution in [-0.4, -0.2) is 36.3 Å². The molecule has 1 aliphatic carbocycles. The minimum absolute atomic E-state index is 0.158. The molecule has 132 valence electrons. The van der Waals surface area contributed by atoms with Crippen LogP contribution in [0.3, 0.4) is 0 Å². The molecule has 1 saturated carbocycles. The first-order valence-corrected chi connectivity index (χ1v) is 8.90. The van der Waals surface area contributed by atoms with Crippen molar-refractivity contribution < 1.29 is 13.9 Å². The Hall–Kier alpha value is -1.78. The summed E-state index contributed by atoms with van der Waals surface area (Å²) in [5, 5.41) is 3.15. The van der Waals surface area contributed by atoms with Crippen LogP contribution in [-0.2, 0) is 4.79 Å². The molecule has 1 aromatic rings. The van der Waals surface area contributed by atoms with Crippen molar-refractivity contribution in [2.45, 2.75) is 45.4 Å². The van der Waals surface area contributed by atoms with Gasteiger partial charge in [0.25, 0.3) is 0 Å². The van der Waals surface area contributed by atoms with E-state index in [1.54, 1.807) is 24.3 Å². The summed E-state index contributed by atoms with van der Waals surface area (Å²) in [5.74, 6) is 0.509. The molecule has 0 spiro atoms. The average Bonchev–Trinajstić information content (AvgIpc) is 3.37. The fourth-order valence-electron chi connectivity index (χ4n) is 3.40. The second-order valence-corrected chi connectivity index (χ2v) is 7.42. The maximum absolute atomic E-state index is 13.4. The van der Waals surface area contributed by atoms with E-state index in [-0.39, 0.29) is 5.91 Å². The molecule has 5 heteroatoms. The van der Waals surface area contributed by atoms with Gasteiger partial charge in [0, 0.05) is 32.6 Å². The lowest BCUT2D eigenvalue weighted by molar-refractivity contribution is -0.131. The molecule has 0 bridgehead atoms. The first kappa shape index (κ1) is 17.1. The van der Waals surface area contributed by atoms with E-state index in [1.807, 2.05) is 4.90 Å². The van der Waals surface area contributed by atoms with Gasteiger partial charge in [-0.1, -0.05) is 0 Å². The number of benzene rings is 1. The topological polar surface area (TPSA) is 41.6 Å². The summed E-state index contributed by atoms with van der Waals surface area (Å²) in [7, 11) is 0. The van der Waals surface area contributed by atoms with Crippen LogP contribution in [0.4, 0.5) is 10.1 Å². The minimum atomic E-state index is -1.70. The predicted molar refractivity (Wildman–Crippen MR) is 92.8 cm³/mol. The maximum Gasteiger partial charge on any atom is 0.242 e. The van der Waals surface area contributed by atoms with Gasteiger partial charge in [-0.05, 0) is 61.8 Å². The summed E-state index contributed by atoms with van der Waals surface area (Å²) >= 11 is 0. The normalized spacial score (nSPS) is 21.5. The molecule has 4 nitrogen and oxygen atoms in total. The Kier molecular flexibility index (Phi) is 4.97. The van der Waals surface area contributed by atoms with E-state index in [9.17, 15) is 9.18 Å². The highest BCUT2D eigenvalue weighted by molar-refractivity contribution is 5.81. The van der Waals surface area contributed by atoms with E-state index in [2.05, 4.69) is 5.32 Å². The molecule has 1 atom stereocenters. The summed E-state index contributed by atoms with van der Waals surface area (Å²) in [6.45, 7) is 4.83. The van der Waals surface area contributed by atoms with Crippen molar-refractivity contribution >= 4 is 11.6 Å². The number of halogens is 1. The molecule has 0 radical (unpaired) electrons. The van der Waals surface area contributed by atoms with Gasteiger partial charge in [-0.15, -0.1) is 0 Å². The van der Waals surface area contributed by atoms with Crippen LogP contribution in [0.25, 0.3) is 0 Å². The lowest BCUT2D eigenvalue weighted by atomic mass is 9.93. The van der Waals surface area contributed by atoms with Crippen LogP contribution < -0.4 is 10.1 Å². The average molecular weight is 334 g/mol. The SMILES string of the molecule is CC(C)(F)Oc1ccc(NCC(=O)N2CCCC(C3CC3)C2)cc1. The van der Waals surface area contributed by atoms with Gasteiger partial charge in [0.15, 0.2) is 0 Å². The minimum Gasteiger partial charge on any atom is -0.459 e. The third-order valence-electron chi connectivity index (χ3n) is 4.76. The molecular weight excluding hydrogens is 307 g/mol. The first-order chi connectivity index (χ1) is 11.4. The molecule has 24 heavy (non-hydrogen) atoms. The molecule has 1 amide bonds. The van der Waals surface area contributed by atoms with Gasteiger partial charge in [0.1, 0.15) is 5.75 Å². The van der Waals surface area contributed by atoms with Crippen LogP contribution in [0.5, 0.6) is 5.75 Å². The second kappa shape index (κ2) is 6.99. The summed E-state index contributed by atoms with van der Waals surface area (Å²) in [6.07, 6.45) is 5.08. The zero-order chi connectivity index (χ0) is 17.2. The number of rotatable bonds is 6. The number of anilines is 1. The number of carbonyl (C=O) groups excluding carboxylic acids is 1. The maximum atomic E-state index is 13.4. The fourth-order valence-corrected chi connectivity index (χ4v) is 3.40. The van der Waals surface area contributed by atoms with Gasteiger partial charge >= 0.3 is 0 Å². The van der Waals surface area contributed by atoms with E-state index in [4.69, 9.17) is 4.74 Å². The number of ether oxygens (including phenoxy) is 1. The summed E-state index contributed by atoms with van der Waals surface area (Å²) in [4.78, 5) is 14.4. The molecule has 2 aliphatic rings. The van der Waals surface area contributed by atoms with Crippen LogP contribution in [0.2, 0.25) is 0 Å². The van der Waals surface area contributed by atoms with Crippen molar-refractivity contribution in [2.24, 2.45) is 11.8 Å². The number of likely N-dealkylation sites (tertiary alicyclic amines) is 1. The second-order valence-electron chi connectivity index (χ2n) is 7.42. The molecule has 1 aliphatic heterocycles. The molecule has 1 N–H and O–H groups in total. The quantitative estimate of drug-likeness (QED) is 0.859. The van der Waals surface area contributed by atoms with Crippen molar-refractivity contribution in [3.63, 3.8) is 0 Å². The number of hydrogen-bond acceptors (Lipinski definition) is 3. The summed E-state index contributed by atoms with van der Waals surface area (Å²) in [5.41, 5.74) is 0.836. The third kappa shape index (κ3) is 4.86. The lowest BCUT2D eigenvalue weighted by Crippen LogP contribution is -2.43. The van der Waals surface area contributed by atoms with Gasteiger partial charge in [-0.2, -0.15) is 4.39 Å². The fraction of sp³-hybridized carbons (Fsp3) is 0.632. The number of carbonyl (C=O) groups is 1. The van der Waals surface area contributed by atoms with E-state index < -0.39 is 5.85 Å². The van der Waals surface area contributed by atoms with Gasteiger partial charge < -0.3 is 15.0 Å². The molecule has 0 aromatic heterocycles. The Morgan fingerprint density at radius 2 is 1.96 bits per heavy atom. The summed E-state index contributed by atoms with van der Waals surface area (Å²) in [6, 6.07) is 7.02. The Morgan fingerprint density at radius 1 is 1.25 bits per heavy atom. The number of alkyl halides is 1. The number of hydrogen-bond donors (Lipinski definition) is 1. The standard InChI is InChI=1S/C19H27FN2O2/c1-19(2,20)24-17-9-7-16(8-10-17)21-12-18(23)22-11-3-4-15(13-22)14-5-6-14/h7-10,14-15,21H,3-6,11-13H2,1-2H3. The zero-order valence-electron chi connectivity index (χ0n) is 14.6. The lowest BCUT2D eigenvalue weighted by Gasteiger charge is -2.33. The van der Waals surface area contributed by atoms with Gasteiger partial charge in [0.2, 0.25) is 11.8 Å². The smallest absolute Gasteiger partial charge is 0.242 e. The largest absolute Gasteiger partial charge is 0.459 e.